The number of methoxy groups -OCH3 is 1. The van der Waals surface area contributed by atoms with Crippen LogP contribution in [0.5, 0.6) is 11.5 Å². The van der Waals surface area contributed by atoms with Crippen LogP contribution >= 0.6 is 11.6 Å². The van der Waals surface area contributed by atoms with Crippen LogP contribution in [0.15, 0.2) is 36.7 Å². The normalized spacial score (nSPS) is 14.9. The van der Waals surface area contributed by atoms with Crippen LogP contribution < -0.4 is 14.8 Å². The number of hydrogen-bond acceptors (Lipinski definition) is 5. The van der Waals surface area contributed by atoms with Crippen LogP contribution in [-0.2, 0) is 6.18 Å². The van der Waals surface area contributed by atoms with Crippen LogP contribution in [-0.4, -0.2) is 23.7 Å². The fourth-order valence-corrected chi connectivity index (χ4v) is 4.56. The molecule has 1 aliphatic rings. The monoisotopic (exact) mass is 493 g/mol. The Bertz CT molecular complexity index is 1130. The molecule has 0 saturated heterocycles. The Kier molecular flexibility index (Phi) is 7.66. The number of halogens is 4. The molecule has 0 atom stereocenters. The first kappa shape index (κ1) is 24.4. The van der Waals surface area contributed by atoms with Gasteiger partial charge < -0.3 is 14.8 Å². The Hall–Kier alpha value is -2.74. The van der Waals surface area contributed by atoms with E-state index in [2.05, 4.69) is 15.3 Å². The van der Waals surface area contributed by atoms with Crippen LogP contribution in [0.25, 0.3) is 10.9 Å². The molecular formula is C25H27ClF3N3O2. The summed E-state index contributed by atoms with van der Waals surface area (Å²) in [5, 5.41) is 3.62. The summed E-state index contributed by atoms with van der Waals surface area (Å²) in [6, 6.07) is 6.57. The maximum Gasteiger partial charge on any atom is 0.416 e. The third-order valence-electron chi connectivity index (χ3n) is 6.21. The Morgan fingerprint density at radius 2 is 1.85 bits per heavy atom. The molecule has 1 N–H and O–H groups in total. The summed E-state index contributed by atoms with van der Waals surface area (Å²) < 4.78 is 50.9. The molecule has 0 amide bonds. The highest BCUT2D eigenvalue weighted by molar-refractivity contribution is 6.33. The maximum absolute atomic E-state index is 13.1. The predicted molar refractivity (Wildman–Crippen MR) is 127 cm³/mol. The molecule has 0 bridgehead atoms. The fourth-order valence-electron chi connectivity index (χ4n) is 4.39. The predicted octanol–water partition coefficient (Wildman–Crippen LogP) is 7.79. The van der Waals surface area contributed by atoms with Crippen molar-refractivity contribution in [3.05, 3.63) is 47.2 Å². The minimum Gasteiger partial charge on any atom is -0.493 e. The Balaban J connectivity index is 1.53. The van der Waals surface area contributed by atoms with Crippen molar-refractivity contribution in [2.75, 3.05) is 19.0 Å². The van der Waals surface area contributed by atoms with Gasteiger partial charge in [0.2, 0.25) is 0 Å². The Morgan fingerprint density at radius 1 is 1.06 bits per heavy atom. The SMILES string of the molecule is COc1cc2c(Nc3cc(C(F)(F)F)ccc3Cl)ncnc2cc1OCCCC1CCCCC1. The van der Waals surface area contributed by atoms with E-state index in [0.29, 0.717) is 34.8 Å². The summed E-state index contributed by atoms with van der Waals surface area (Å²) in [5.74, 6) is 2.17. The first-order valence-corrected chi connectivity index (χ1v) is 11.8. The summed E-state index contributed by atoms with van der Waals surface area (Å²) >= 11 is 6.14. The standard InChI is InChI=1S/C25H27ClF3N3O2/c1-33-22-13-18-20(14-23(22)34-11-5-8-16-6-3-2-4-7-16)30-15-31-24(18)32-21-12-17(25(27,28)29)9-10-19(21)26/h9-10,12-16H,2-8,11H2,1H3,(H,30,31,32). The minimum absolute atomic E-state index is 0.0958. The van der Waals surface area contributed by atoms with E-state index in [1.807, 2.05) is 0 Å². The van der Waals surface area contributed by atoms with Crippen LogP contribution in [0.1, 0.15) is 50.5 Å². The van der Waals surface area contributed by atoms with Gasteiger partial charge in [-0.25, -0.2) is 9.97 Å². The third kappa shape index (κ3) is 5.84. The molecule has 5 nitrogen and oxygen atoms in total. The lowest BCUT2D eigenvalue weighted by molar-refractivity contribution is -0.137. The molecule has 3 aromatic rings. The average Bonchev–Trinajstić information content (AvgIpc) is 2.83. The number of ether oxygens (including phenoxy) is 2. The lowest BCUT2D eigenvalue weighted by Gasteiger charge is -2.21. The summed E-state index contributed by atoms with van der Waals surface area (Å²) in [6.07, 6.45) is 5.59. The van der Waals surface area contributed by atoms with Crippen molar-refractivity contribution in [3.8, 4) is 11.5 Å². The van der Waals surface area contributed by atoms with Crippen LogP contribution in [0.3, 0.4) is 0 Å². The van der Waals surface area contributed by atoms with E-state index in [1.54, 1.807) is 12.1 Å². The topological polar surface area (TPSA) is 56.3 Å². The molecule has 0 aliphatic heterocycles. The molecule has 1 saturated carbocycles. The molecule has 0 radical (unpaired) electrons. The molecule has 2 aromatic carbocycles. The second-order valence-electron chi connectivity index (χ2n) is 8.55. The van der Waals surface area contributed by atoms with Crippen LogP contribution in [0.2, 0.25) is 5.02 Å². The van der Waals surface area contributed by atoms with Gasteiger partial charge in [0.15, 0.2) is 11.5 Å². The first-order chi connectivity index (χ1) is 16.3. The number of rotatable bonds is 8. The summed E-state index contributed by atoms with van der Waals surface area (Å²) in [7, 11) is 1.54. The van der Waals surface area contributed by atoms with Crippen molar-refractivity contribution in [2.24, 2.45) is 5.92 Å². The molecule has 1 fully saturated rings. The van der Waals surface area contributed by atoms with E-state index < -0.39 is 11.7 Å². The molecule has 34 heavy (non-hydrogen) atoms. The number of alkyl halides is 3. The van der Waals surface area contributed by atoms with Crippen molar-refractivity contribution in [1.29, 1.82) is 0 Å². The highest BCUT2D eigenvalue weighted by atomic mass is 35.5. The van der Waals surface area contributed by atoms with E-state index in [9.17, 15) is 13.2 Å². The molecule has 0 spiro atoms. The lowest BCUT2D eigenvalue weighted by Crippen LogP contribution is -2.08. The number of hydrogen-bond donors (Lipinski definition) is 1. The van der Waals surface area contributed by atoms with Crippen molar-refractivity contribution in [1.82, 2.24) is 9.97 Å². The smallest absolute Gasteiger partial charge is 0.416 e. The second-order valence-corrected chi connectivity index (χ2v) is 8.96. The molecule has 1 heterocycles. The van der Waals surface area contributed by atoms with Crippen LogP contribution in [0, 0.1) is 5.92 Å². The van der Waals surface area contributed by atoms with Gasteiger partial charge in [-0.05, 0) is 43.0 Å². The number of nitrogens with one attached hydrogen (secondary N) is 1. The van der Waals surface area contributed by atoms with Gasteiger partial charge in [-0.15, -0.1) is 0 Å². The average molecular weight is 494 g/mol. The summed E-state index contributed by atoms with van der Waals surface area (Å²) in [5.41, 5.74) is -0.138. The second kappa shape index (κ2) is 10.7. The van der Waals surface area contributed by atoms with Gasteiger partial charge in [0, 0.05) is 11.5 Å². The molecule has 0 unspecified atom stereocenters. The number of fused-ring (bicyclic) bond motifs is 1. The van der Waals surface area contributed by atoms with Crippen molar-refractivity contribution in [2.45, 2.75) is 51.1 Å². The van der Waals surface area contributed by atoms with Gasteiger partial charge in [-0.2, -0.15) is 13.2 Å². The minimum atomic E-state index is -4.48. The zero-order valence-electron chi connectivity index (χ0n) is 18.9. The largest absolute Gasteiger partial charge is 0.493 e. The summed E-state index contributed by atoms with van der Waals surface area (Å²) in [4.78, 5) is 8.51. The van der Waals surface area contributed by atoms with Crippen LogP contribution in [0.4, 0.5) is 24.7 Å². The van der Waals surface area contributed by atoms with Gasteiger partial charge in [-0.3, -0.25) is 0 Å². The molecule has 1 aromatic heterocycles. The molecule has 1 aliphatic carbocycles. The Labute approximate surface area is 201 Å². The quantitative estimate of drug-likeness (QED) is 0.324. The van der Waals surface area contributed by atoms with Crippen molar-refractivity contribution < 1.29 is 22.6 Å². The number of benzene rings is 2. The first-order valence-electron chi connectivity index (χ1n) is 11.4. The van der Waals surface area contributed by atoms with Crippen molar-refractivity contribution in [3.63, 3.8) is 0 Å². The third-order valence-corrected chi connectivity index (χ3v) is 6.54. The number of anilines is 2. The van der Waals surface area contributed by atoms with E-state index >= 15 is 0 Å². The zero-order valence-corrected chi connectivity index (χ0v) is 19.7. The van der Waals surface area contributed by atoms with E-state index in [4.69, 9.17) is 21.1 Å². The van der Waals surface area contributed by atoms with E-state index in [0.717, 1.165) is 30.9 Å². The highest BCUT2D eigenvalue weighted by Crippen LogP contribution is 2.38. The lowest BCUT2D eigenvalue weighted by atomic mass is 9.86. The molecule has 9 heteroatoms. The number of aromatic nitrogens is 2. The highest BCUT2D eigenvalue weighted by Gasteiger charge is 2.31. The van der Waals surface area contributed by atoms with Gasteiger partial charge in [-0.1, -0.05) is 43.7 Å². The fraction of sp³-hybridized carbons (Fsp3) is 0.440. The van der Waals surface area contributed by atoms with Crippen molar-refractivity contribution >= 4 is 34.0 Å². The van der Waals surface area contributed by atoms with Gasteiger partial charge >= 0.3 is 6.18 Å². The van der Waals surface area contributed by atoms with Gasteiger partial charge in [0.05, 0.1) is 35.5 Å². The molecule has 182 valence electrons. The van der Waals surface area contributed by atoms with E-state index in [-0.39, 0.29) is 10.7 Å². The molecule has 4 rings (SSSR count). The summed E-state index contributed by atoms with van der Waals surface area (Å²) in [6.45, 7) is 0.578. The number of nitrogens with zero attached hydrogens (tertiary/aromatic N) is 2. The van der Waals surface area contributed by atoms with E-state index in [1.165, 1.54) is 51.6 Å². The zero-order chi connectivity index (χ0) is 24.1. The molecular weight excluding hydrogens is 467 g/mol. The Morgan fingerprint density at radius 3 is 2.59 bits per heavy atom. The maximum atomic E-state index is 13.1. The van der Waals surface area contributed by atoms with Gasteiger partial charge in [0.1, 0.15) is 12.1 Å². The van der Waals surface area contributed by atoms with Gasteiger partial charge in [0.25, 0.3) is 0 Å².